The number of carbonyl (C=O) groups excluding carboxylic acids is 1. The normalized spacial score (nSPS) is 20.4. The Morgan fingerprint density at radius 1 is 1.45 bits per heavy atom. The Balaban J connectivity index is 1.90. The summed E-state index contributed by atoms with van der Waals surface area (Å²) in [6, 6.07) is -0.102. The van der Waals surface area contributed by atoms with E-state index in [-0.39, 0.29) is 18.1 Å². The summed E-state index contributed by atoms with van der Waals surface area (Å²) >= 11 is 0. The summed E-state index contributed by atoms with van der Waals surface area (Å²) in [6.07, 6.45) is 0.644. The summed E-state index contributed by atoms with van der Waals surface area (Å²) in [5.74, 6) is 1.68. The van der Waals surface area contributed by atoms with E-state index in [2.05, 4.69) is 24.0 Å². The van der Waals surface area contributed by atoms with Crippen LogP contribution in [0.15, 0.2) is 4.52 Å². The predicted molar refractivity (Wildman–Crippen MR) is 81.0 cm³/mol. The molecule has 0 unspecified atom stereocenters. The van der Waals surface area contributed by atoms with Crippen LogP contribution in [-0.2, 0) is 16.1 Å². The molecule has 0 saturated carbocycles. The van der Waals surface area contributed by atoms with Gasteiger partial charge in [-0.15, -0.1) is 0 Å². The molecule has 22 heavy (non-hydrogen) atoms. The number of nitrogens with zero attached hydrogens (tertiary/aromatic N) is 4. The maximum Gasteiger partial charge on any atom is 0.240 e. The number of aromatic nitrogens is 2. The first-order chi connectivity index (χ1) is 10.4. The standard InChI is InChI=1S/C15H26N4O3/c1-10(2)9-21-11(3)14-16-13(22-17-14)8-19(5)12-6-7-18(4)15(12)20/h10-12H,6-9H2,1-5H3/t11-,12+/m1/s1. The lowest BCUT2D eigenvalue weighted by Crippen LogP contribution is -2.38. The number of likely N-dealkylation sites (N-methyl/N-ethyl adjacent to an activating group) is 2. The maximum atomic E-state index is 12.0. The largest absolute Gasteiger partial charge is 0.370 e. The molecule has 1 saturated heterocycles. The van der Waals surface area contributed by atoms with Crippen LogP contribution in [0.2, 0.25) is 0 Å². The average molecular weight is 310 g/mol. The van der Waals surface area contributed by atoms with Gasteiger partial charge >= 0.3 is 0 Å². The summed E-state index contributed by atoms with van der Waals surface area (Å²) < 4.78 is 11.0. The van der Waals surface area contributed by atoms with Gasteiger partial charge in [-0.3, -0.25) is 9.69 Å². The van der Waals surface area contributed by atoms with Crippen LogP contribution in [0, 0.1) is 5.92 Å². The molecule has 2 atom stereocenters. The zero-order valence-corrected chi connectivity index (χ0v) is 14.1. The van der Waals surface area contributed by atoms with E-state index in [1.54, 1.807) is 4.90 Å². The summed E-state index contributed by atoms with van der Waals surface area (Å²) in [6.45, 7) is 8.03. The molecule has 0 bridgehead atoms. The van der Waals surface area contributed by atoms with Crippen molar-refractivity contribution in [1.82, 2.24) is 19.9 Å². The quantitative estimate of drug-likeness (QED) is 0.759. The Morgan fingerprint density at radius 3 is 2.77 bits per heavy atom. The average Bonchev–Trinajstić information content (AvgIpc) is 3.04. The molecule has 1 aromatic rings. The molecule has 0 aliphatic carbocycles. The van der Waals surface area contributed by atoms with E-state index in [1.807, 2.05) is 25.9 Å². The van der Waals surface area contributed by atoms with Crippen molar-refractivity contribution in [3.05, 3.63) is 11.7 Å². The third-order valence-electron chi connectivity index (χ3n) is 3.84. The van der Waals surface area contributed by atoms with E-state index >= 15 is 0 Å². The Bertz CT molecular complexity index is 503. The summed E-state index contributed by atoms with van der Waals surface area (Å²) in [7, 11) is 3.74. The second-order valence-corrected chi connectivity index (χ2v) is 6.40. The number of hydrogen-bond donors (Lipinski definition) is 0. The Morgan fingerprint density at radius 2 is 2.18 bits per heavy atom. The highest BCUT2D eigenvalue weighted by Crippen LogP contribution is 2.18. The molecule has 2 heterocycles. The second kappa shape index (κ2) is 7.19. The van der Waals surface area contributed by atoms with Crippen molar-refractivity contribution in [1.29, 1.82) is 0 Å². The molecular formula is C15H26N4O3. The Hall–Kier alpha value is -1.47. The van der Waals surface area contributed by atoms with Crippen LogP contribution in [0.1, 0.15) is 45.0 Å². The van der Waals surface area contributed by atoms with E-state index in [4.69, 9.17) is 9.26 Å². The van der Waals surface area contributed by atoms with Crippen LogP contribution in [0.3, 0.4) is 0 Å². The second-order valence-electron chi connectivity index (χ2n) is 6.40. The SMILES string of the molecule is CC(C)CO[C@H](C)c1noc(CN(C)[C@H]2CCN(C)C2=O)n1. The highest BCUT2D eigenvalue weighted by atomic mass is 16.5. The van der Waals surface area contributed by atoms with Gasteiger partial charge in [0, 0.05) is 20.2 Å². The molecule has 1 fully saturated rings. The number of hydrogen-bond acceptors (Lipinski definition) is 6. The third-order valence-corrected chi connectivity index (χ3v) is 3.84. The first kappa shape index (κ1) is 16.9. The van der Waals surface area contributed by atoms with E-state index in [0.717, 1.165) is 13.0 Å². The van der Waals surface area contributed by atoms with Crippen LogP contribution in [0.5, 0.6) is 0 Å². The van der Waals surface area contributed by atoms with Crippen molar-refractivity contribution < 1.29 is 14.1 Å². The van der Waals surface area contributed by atoms with E-state index in [9.17, 15) is 4.79 Å². The van der Waals surface area contributed by atoms with Gasteiger partial charge in [0.1, 0.15) is 6.10 Å². The molecule has 0 N–H and O–H groups in total. The fourth-order valence-corrected chi connectivity index (χ4v) is 2.45. The van der Waals surface area contributed by atoms with Gasteiger partial charge in [-0.2, -0.15) is 4.98 Å². The highest BCUT2D eigenvalue weighted by molar-refractivity contribution is 5.83. The zero-order valence-electron chi connectivity index (χ0n) is 14.1. The van der Waals surface area contributed by atoms with E-state index < -0.39 is 0 Å². The lowest BCUT2D eigenvalue weighted by atomic mass is 10.2. The number of ether oxygens (including phenoxy) is 1. The highest BCUT2D eigenvalue weighted by Gasteiger charge is 2.32. The topological polar surface area (TPSA) is 71.7 Å². The van der Waals surface area contributed by atoms with Gasteiger partial charge < -0.3 is 14.2 Å². The van der Waals surface area contributed by atoms with Gasteiger partial charge in [-0.1, -0.05) is 19.0 Å². The predicted octanol–water partition coefficient (Wildman–Crippen LogP) is 1.47. The third kappa shape index (κ3) is 4.04. The van der Waals surface area contributed by atoms with Gasteiger partial charge in [0.05, 0.1) is 12.6 Å². The van der Waals surface area contributed by atoms with Crippen molar-refractivity contribution in [3.63, 3.8) is 0 Å². The first-order valence-corrected chi connectivity index (χ1v) is 7.77. The molecule has 1 aromatic heterocycles. The van der Waals surface area contributed by atoms with Gasteiger partial charge in [0.15, 0.2) is 5.82 Å². The van der Waals surface area contributed by atoms with Gasteiger partial charge in [-0.05, 0) is 26.3 Å². The fraction of sp³-hybridized carbons (Fsp3) is 0.800. The molecule has 124 valence electrons. The molecule has 0 aromatic carbocycles. The summed E-state index contributed by atoms with van der Waals surface area (Å²) in [4.78, 5) is 20.1. The molecule has 1 amide bonds. The number of likely N-dealkylation sites (tertiary alicyclic amines) is 1. The van der Waals surface area contributed by atoms with Gasteiger partial charge in [-0.25, -0.2) is 0 Å². The molecule has 1 aliphatic rings. The van der Waals surface area contributed by atoms with Gasteiger partial charge in [0.2, 0.25) is 11.8 Å². The van der Waals surface area contributed by atoms with Crippen LogP contribution in [0.25, 0.3) is 0 Å². The smallest absolute Gasteiger partial charge is 0.240 e. The van der Waals surface area contributed by atoms with Crippen molar-refractivity contribution >= 4 is 5.91 Å². The Kier molecular flexibility index (Phi) is 5.52. The van der Waals surface area contributed by atoms with E-state index in [1.165, 1.54) is 0 Å². The number of carbonyl (C=O) groups is 1. The first-order valence-electron chi connectivity index (χ1n) is 7.77. The van der Waals surface area contributed by atoms with E-state index in [0.29, 0.717) is 30.8 Å². The molecule has 7 heteroatoms. The molecule has 2 rings (SSSR count). The van der Waals surface area contributed by atoms with Crippen molar-refractivity contribution in [2.45, 2.75) is 45.9 Å². The molecule has 7 nitrogen and oxygen atoms in total. The molecule has 0 spiro atoms. The van der Waals surface area contributed by atoms with Crippen LogP contribution in [0.4, 0.5) is 0 Å². The molecular weight excluding hydrogens is 284 g/mol. The minimum Gasteiger partial charge on any atom is -0.370 e. The molecule has 1 aliphatic heterocycles. The Labute approximate surface area is 131 Å². The van der Waals surface area contributed by atoms with Crippen molar-refractivity contribution in [2.24, 2.45) is 5.92 Å². The lowest BCUT2D eigenvalue weighted by Gasteiger charge is -2.20. The number of amides is 1. The minimum atomic E-state index is -0.190. The van der Waals surface area contributed by atoms with Crippen LogP contribution < -0.4 is 0 Å². The monoisotopic (exact) mass is 310 g/mol. The number of rotatable bonds is 7. The summed E-state index contributed by atoms with van der Waals surface area (Å²) in [5, 5.41) is 3.97. The zero-order chi connectivity index (χ0) is 16.3. The minimum absolute atomic E-state index is 0.102. The van der Waals surface area contributed by atoms with Crippen molar-refractivity contribution in [3.8, 4) is 0 Å². The van der Waals surface area contributed by atoms with Gasteiger partial charge in [0.25, 0.3) is 0 Å². The van der Waals surface area contributed by atoms with Crippen LogP contribution in [-0.4, -0.2) is 59.1 Å². The van der Waals surface area contributed by atoms with Crippen LogP contribution >= 0.6 is 0 Å². The lowest BCUT2D eigenvalue weighted by molar-refractivity contribution is -0.130. The maximum absolute atomic E-state index is 12.0. The molecule has 0 radical (unpaired) electrons. The van der Waals surface area contributed by atoms with Crippen molar-refractivity contribution in [2.75, 3.05) is 27.2 Å². The summed E-state index contributed by atoms with van der Waals surface area (Å²) in [5.41, 5.74) is 0. The fourth-order valence-electron chi connectivity index (χ4n) is 2.45.